The van der Waals surface area contributed by atoms with Gasteiger partial charge in [0.05, 0.1) is 19.6 Å². The molecule has 1 fully saturated rings. The Morgan fingerprint density at radius 3 is 2.54 bits per heavy atom. The van der Waals surface area contributed by atoms with Crippen molar-refractivity contribution in [3.05, 3.63) is 12.2 Å². The van der Waals surface area contributed by atoms with E-state index in [2.05, 4.69) is 16.7 Å². The highest BCUT2D eigenvalue weighted by Gasteiger charge is 2.42. The predicted molar refractivity (Wildman–Crippen MR) is 129 cm³/mol. The first kappa shape index (κ1) is 28.6. The van der Waals surface area contributed by atoms with Crippen LogP contribution >= 0.6 is 0 Å². The number of carbonyl (C=O) groups is 4. The highest BCUT2D eigenvalue weighted by molar-refractivity contribution is 5.92. The second kappa shape index (κ2) is 13.5. The highest BCUT2D eigenvalue weighted by Crippen LogP contribution is 2.22. The van der Waals surface area contributed by atoms with Crippen molar-refractivity contribution in [2.45, 2.75) is 108 Å². The lowest BCUT2D eigenvalue weighted by Gasteiger charge is -2.30. The summed E-state index contributed by atoms with van der Waals surface area (Å²) in [6, 6.07) is -2.23. The lowest BCUT2D eigenvalue weighted by atomic mass is 10.0. The lowest BCUT2D eigenvalue weighted by molar-refractivity contribution is -0.143. The molecule has 10 nitrogen and oxygen atoms in total. The normalized spacial score (nSPS) is 27.1. The van der Waals surface area contributed by atoms with Gasteiger partial charge in [-0.05, 0) is 52.9 Å². The number of allylic oxidation sites excluding steroid dienone is 2. The maximum Gasteiger partial charge on any atom is 0.408 e. The zero-order chi connectivity index (χ0) is 26.0. The minimum Gasteiger partial charge on any atom is -0.469 e. The number of alkyl carbamates (subject to hydrolysis) is 1. The molecule has 2 heterocycles. The van der Waals surface area contributed by atoms with Crippen LogP contribution in [0.25, 0.3) is 0 Å². The van der Waals surface area contributed by atoms with Gasteiger partial charge in [-0.2, -0.15) is 0 Å². The fraction of sp³-hybridized carbons (Fsp3) is 0.760. The molecule has 2 aliphatic heterocycles. The van der Waals surface area contributed by atoms with Gasteiger partial charge in [-0.25, -0.2) is 4.79 Å². The van der Waals surface area contributed by atoms with Crippen molar-refractivity contribution in [2.24, 2.45) is 0 Å². The standard InChI is InChI=1S/C25H41N3O7/c1-25(2,3)35-24(33)27-19-13-11-9-7-5-6-8-10-12-17(14-21(30)34-4)26-22(31)20-15-18(29)16-28(20)23(19)32/h6,8,17-20,29H,5,7,9-16H2,1-4H3,(H,26,31)(H,27,33)/t17-,18-,19-,20-/m0/s1. The fourth-order valence-corrected chi connectivity index (χ4v) is 4.34. The zero-order valence-electron chi connectivity index (χ0n) is 21.4. The number of hydrogen-bond acceptors (Lipinski definition) is 7. The number of nitrogens with zero attached hydrogens (tertiary/aromatic N) is 1. The fourth-order valence-electron chi connectivity index (χ4n) is 4.34. The second-order valence-electron chi connectivity index (χ2n) is 10.3. The Kier molecular flexibility index (Phi) is 11.0. The number of aliphatic hydroxyl groups is 1. The first-order chi connectivity index (χ1) is 16.5. The maximum atomic E-state index is 13.5. The minimum atomic E-state index is -0.899. The van der Waals surface area contributed by atoms with Crippen LogP contribution in [0.15, 0.2) is 12.2 Å². The molecule has 0 radical (unpaired) electrons. The van der Waals surface area contributed by atoms with Crippen LogP contribution in [-0.2, 0) is 23.9 Å². The van der Waals surface area contributed by atoms with Crippen molar-refractivity contribution in [1.29, 1.82) is 0 Å². The molecule has 10 heteroatoms. The van der Waals surface area contributed by atoms with Crippen LogP contribution in [0.2, 0.25) is 0 Å². The smallest absolute Gasteiger partial charge is 0.408 e. The Labute approximate surface area is 207 Å². The van der Waals surface area contributed by atoms with E-state index < -0.39 is 53.7 Å². The van der Waals surface area contributed by atoms with E-state index >= 15 is 0 Å². The number of nitrogens with one attached hydrogen (secondary N) is 2. The average Bonchev–Trinajstić information content (AvgIpc) is 3.16. The van der Waals surface area contributed by atoms with Gasteiger partial charge in [0.15, 0.2) is 0 Å². The van der Waals surface area contributed by atoms with Crippen molar-refractivity contribution in [3.8, 4) is 0 Å². The molecule has 0 spiro atoms. The van der Waals surface area contributed by atoms with E-state index in [1.165, 1.54) is 12.0 Å². The molecule has 2 aliphatic rings. The van der Waals surface area contributed by atoms with Crippen molar-refractivity contribution < 1.29 is 33.8 Å². The molecule has 0 bridgehead atoms. The number of fused-ring (bicyclic) bond motifs is 1. The Bertz CT molecular complexity index is 778. The number of ether oxygens (including phenoxy) is 2. The van der Waals surface area contributed by atoms with Gasteiger partial charge in [0.2, 0.25) is 11.8 Å². The summed E-state index contributed by atoms with van der Waals surface area (Å²) in [6.07, 6.45) is 7.72. The van der Waals surface area contributed by atoms with E-state index in [1.54, 1.807) is 20.8 Å². The van der Waals surface area contributed by atoms with E-state index in [9.17, 15) is 24.3 Å². The first-order valence-electron chi connectivity index (χ1n) is 12.5. The lowest BCUT2D eigenvalue weighted by Crippen LogP contribution is -2.55. The number of aliphatic hydroxyl groups excluding tert-OH is 1. The van der Waals surface area contributed by atoms with Crippen LogP contribution < -0.4 is 10.6 Å². The molecule has 0 saturated carbocycles. The SMILES string of the molecule is COC(=O)C[C@@H]1CCC=CCCCCC[C@H](NC(=O)OC(C)(C)C)C(=O)N2C[C@@H](O)C[C@H]2C(=O)N1. The third-order valence-electron chi connectivity index (χ3n) is 6.05. The van der Waals surface area contributed by atoms with Gasteiger partial charge in [-0.3, -0.25) is 14.4 Å². The van der Waals surface area contributed by atoms with Crippen LogP contribution in [0.5, 0.6) is 0 Å². The van der Waals surface area contributed by atoms with Gasteiger partial charge in [-0.1, -0.05) is 25.0 Å². The molecule has 0 aromatic rings. The van der Waals surface area contributed by atoms with E-state index in [-0.39, 0.29) is 19.4 Å². The summed E-state index contributed by atoms with van der Waals surface area (Å²) < 4.78 is 10.1. The number of esters is 1. The maximum absolute atomic E-state index is 13.5. The molecule has 0 aromatic carbocycles. The van der Waals surface area contributed by atoms with Gasteiger partial charge >= 0.3 is 12.1 Å². The highest BCUT2D eigenvalue weighted by atomic mass is 16.6. The topological polar surface area (TPSA) is 134 Å². The monoisotopic (exact) mass is 495 g/mol. The summed E-state index contributed by atoms with van der Waals surface area (Å²) in [5.74, 6) is -1.30. The van der Waals surface area contributed by atoms with Gasteiger partial charge in [0, 0.05) is 19.0 Å². The summed E-state index contributed by atoms with van der Waals surface area (Å²) in [5.41, 5.74) is -0.724. The molecule has 3 amide bonds. The molecule has 0 aromatic heterocycles. The summed E-state index contributed by atoms with van der Waals surface area (Å²) in [7, 11) is 1.30. The number of methoxy groups -OCH3 is 1. The molecular weight excluding hydrogens is 454 g/mol. The summed E-state index contributed by atoms with van der Waals surface area (Å²) in [5, 5.41) is 15.8. The molecule has 0 unspecified atom stereocenters. The van der Waals surface area contributed by atoms with E-state index in [0.29, 0.717) is 25.7 Å². The molecule has 198 valence electrons. The Morgan fingerprint density at radius 2 is 1.86 bits per heavy atom. The molecule has 0 aliphatic carbocycles. The van der Waals surface area contributed by atoms with Crippen LogP contribution in [-0.4, -0.2) is 77.4 Å². The number of hydrogen-bond donors (Lipinski definition) is 3. The van der Waals surface area contributed by atoms with Gasteiger partial charge in [-0.15, -0.1) is 0 Å². The van der Waals surface area contributed by atoms with Crippen LogP contribution in [0, 0.1) is 0 Å². The second-order valence-corrected chi connectivity index (χ2v) is 10.3. The summed E-state index contributed by atoms with van der Waals surface area (Å²) in [6.45, 7) is 5.21. The van der Waals surface area contributed by atoms with Crippen molar-refractivity contribution >= 4 is 23.9 Å². The average molecular weight is 496 g/mol. The predicted octanol–water partition coefficient (Wildman–Crippen LogP) is 2.19. The van der Waals surface area contributed by atoms with Crippen molar-refractivity contribution in [3.63, 3.8) is 0 Å². The van der Waals surface area contributed by atoms with Gasteiger partial charge < -0.3 is 30.1 Å². The first-order valence-corrected chi connectivity index (χ1v) is 12.5. The number of rotatable bonds is 3. The van der Waals surface area contributed by atoms with E-state index in [4.69, 9.17) is 9.47 Å². The van der Waals surface area contributed by atoms with E-state index in [0.717, 1.165) is 19.3 Å². The summed E-state index contributed by atoms with van der Waals surface area (Å²) in [4.78, 5) is 52.3. The van der Waals surface area contributed by atoms with Gasteiger partial charge in [0.25, 0.3) is 0 Å². The van der Waals surface area contributed by atoms with Gasteiger partial charge in [0.1, 0.15) is 17.7 Å². The van der Waals surface area contributed by atoms with Crippen LogP contribution in [0.4, 0.5) is 4.79 Å². The Hall–Kier alpha value is -2.62. The third-order valence-corrected chi connectivity index (χ3v) is 6.05. The van der Waals surface area contributed by atoms with Crippen LogP contribution in [0.1, 0.15) is 78.6 Å². The van der Waals surface area contributed by atoms with Crippen LogP contribution in [0.3, 0.4) is 0 Å². The van der Waals surface area contributed by atoms with E-state index in [1.807, 2.05) is 6.08 Å². The number of amides is 3. The quantitative estimate of drug-likeness (QED) is 0.404. The largest absolute Gasteiger partial charge is 0.469 e. The Morgan fingerprint density at radius 1 is 1.14 bits per heavy atom. The molecule has 3 N–H and O–H groups in total. The molecule has 4 atom stereocenters. The molecule has 1 saturated heterocycles. The number of carbonyl (C=O) groups excluding carboxylic acids is 4. The summed E-state index contributed by atoms with van der Waals surface area (Å²) >= 11 is 0. The van der Waals surface area contributed by atoms with Crippen molar-refractivity contribution in [2.75, 3.05) is 13.7 Å². The molecular formula is C25H41N3O7. The molecule has 2 rings (SSSR count). The minimum absolute atomic E-state index is 0.00613. The van der Waals surface area contributed by atoms with Crippen molar-refractivity contribution in [1.82, 2.24) is 15.5 Å². The molecule has 35 heavy (non-hydrogen) atoms. The third kappa shape index (κ3) is 9.87. The Balaban J connectivity index is 2.25. The zero-order valence-corrected chi connectivity index (χ0v) is 21.4.